The minimum Gasteiger partial charge on any atom is -0.246 e. The molecule has 0 bridgehead atoms. The normalized spacial score (nSPS) is 12.0. The van der Waals surface area contributed by atoms with Crippen LogP contribution in [0.5, 0.6) is 0 Å². The molecule has 0 N–H and O–H groups in total. The van der Waals surface area contributed by atoms with Gasteiger partial charge in [-0.1, -0.05) is 0 Å². The predicted molar refractivity (Wildman–Crippen MR) is 554 cm³/mol. The maximum absolute atomic E-state index is 8.19. The van der Waals surface area contributed by atoms with Crippen molar-refractivity contribution in [2.24, 2.45) is 18.1 Å². The van der Waals surface area contributed by atoms with Crippen molar-refractivity contribution < 1.29 is 0 Å². The van der Waals surface area contributed by atoms with Crippen LogP contribution in [0.3, 0.4) is 0 Å². The molecule has 0 radical (unpaired) electrons. The predicted octanol–water partition coefficient (Wildman–Crippen LogP) is 18.9. The van der Waals surface area contributed by atoms with Crippen molar-refractivity contribution in [3.8, 4) is 0 Å². The van der Waals surface area contributed by atoms with Crippen molar-refractivity contribution in [2.45, 2.75) is 0 Å². The highest BCUT2D eigenvalue weighted by Gasteiger charge is 2.68. The number of hydrogen-bond donors (Lipinski definition) is 0. The van der Waals surface area contributed by atoms with Gasteiger partial charge in [0.2, 0.25) is 0 Å². The van der Waals surface area contributed by atoms with Gasteiger partial charge in [0, 0.05) is 316 Å². The molecule has 24 aromatic rings. The molecule has 0 fully saturated rings. The Morgan fingerprint density at radius 2 is 0.142 bits per heavy atom. The summed E-state index contributed by atoms with van der Waals surface area (Å²) in [5.41, 5.74) is 0. The standard InChI is InChI=1S/C96H96N40P5/c1-2-50-101(49-1)125(102-51-3-4-52-102)138(126(103-53-5-6-54-103)104-55-7-8-56-104,127(105-57-9-10-58-105)106-59-11-12-60-106)97-137(98-139(128(107-61-13-14-62-107)108-63-15-16-64-108,129(109-65-17-18-66-109)110-67-19-20-68-110)130(111-69-21-22-70-111)112-71-23-24-72-112,99-140(131(113-73-25-26-74-113)114-75-27-28-76-114,132(115-77-29-30-78-115)116-79-31-32-80-116)133(117-81-33-34-82-117)118-83-35-36-84-118)100-141(134(119-85-37-38-86-119)120-87-39-40-88-120,135(121-89-41-42-90-121)122-91-43-44-92-122)136(123-93-45-46-94-123)124-95-47-48-96-124/h1-96H/q+1. The molecule has 0 aliphatic heterocycles. The summed E-state index contributed by atoms with van der Waals surface area (Å²) in [7, 11) is -27.2. The lowest BCUT2D eigenvalue weighted by Crippen LogP contribution is -2.57. The van der Waals surface area contributed by atoms with Crippen LogP contribution in [0.1, 0.15) is 0 Å². The first kappa shape index (κ1) is 85.6. The fourth-order valence-electron chi connectivity index (χ4n) is 17.5. The number of nitrogens with zero attached hydrogens (tertiary/aromatic N) is 40. The van der Waals surface area contributed by atoms with E-state index < -0.39 is 37.9 Å². The molecule has 24 rings (SSSR count). The minimum absolute atomic E-state index is 2.04. The zero-order valence-electron chi connectivity index (χ0n) is 75.6. The van der Waals surface area contributed by atoms with Crippen LogP contribution in [0, 0.1) is 0 Å². The third-order valence-corrected chi connectivity index (χ3v) is 41.3. The van der Waals surface area contributed by atoms with Crippen LogP contribution in [0.2, 0.25) is 0 Å². The number of aromatic nitrogens is 24. The lowest BCUT2D eigenvalue weighted by Gasteiger charge is -2.51. The first-order chi connectivity index (χ1) is 69.9. The van der Waals surface area contributed by atoms with Crippen molar-refractivity contribution in [1.82, 2.24) is 112 Å². The molecule has 0 aliphatic rings. The van der Waals surface area contributed by atoms with Gasteiger partial charge < -0.3 is 0 Å². The molecule has 24 heterocycles. The molecule has 0 unspecified atom stereocenters. The highest BCUT2D eigenvalue weighted by Crippen LogP contribution is 2.87. The molecule has 0 saturated carbocycles. The molecule has 0 atom stereocenters. The van der Waals surface area contributed by atoms with E-state index in [0.717, 1.165) is 0 Å². The van der Waals surface area contributed by atoms with E-state index >= 15 is 0 Å². The fourth-order valence-corrected chi connectivity index (χ4v) is 40.1. The van der Waals surface area contributed by atoms with Crippen LogP contribution >= 0.6 is 37.9 Å². The van der Waals surface area contributed by atoms with Crippen LogP contribution in [0.15, 0.2) is 607 Å². The Bertz CT molecular complexity index is 5890. The smallest absolute Gasteiger partial charge is 0.246 e. The van der Waals surface area contributed by atoms with Crippen LogP contribution in [-0.2, 0) is 0 Å². The average Bonchev–Trinajstić information content (AvgIpc) is 1.66. The molecule has 704 valence electrons. The summed E-state index contributed by atoms with van der Waals surface area (Å²) in [6.07, 6.45) is 99.0. The molecule has 0 aromatic carbocycles. The molecular formula is C96H96N40P5+. The van der Waals surface area contributed by atoms with Crippen molar-refractivity contribution in [3.63, 3.8) is 0 Å². The molecule has 40 nitrogen and oxygen atoms in total. The van der Waals surface area contributed by atoms with Gasteiger partial charge in [0.25, 0.3) is 0 Å². The summed E-state index contributed by atoms with van der Waals surface area (Å²) < 4.78 is 83.3. The van der Waals surface area contributed by atoms with Gasteiger partial charge in [-0.3, -0.25) is 0 Å². The second-order valence-electron chi connectivity index (χ2n) is 31.8. The Hall–Kier alpha value is -18.3. The first-order valence-electron chi connectivity index (χ1n) is 45.2. The Balaban J connectivity index is 1.15. The topological polar surface area (TPSA) is 207 Å². The first-order valence-corrected chi connectivity index (χ1v) is 53.2. The molecule has 0 amide bonds. The second-order valence-corrected chi connectivity index (χ2v) is 44.3. The van der Waals surface area contributed by atoms with Crippen molar-refractivity contribution in [1.29, 1.82) is 0 Å². The third kappa shape index (κ3) is 14.9. The van der Waals surface area contributed by atoms with Crippen molar-refractivity contribution in [3.05, 3.63) is 589 Å². The average molecular weight is 1960 g/mol. The summed E-state index contributed by atoms with van der Waals surface area (Å²) in [5.74, 6) is 0. The van der Waals surface area contributed by atoms with Crippen LogP contribution in [-0.4, -0.2) is 112 Å². The lowest BCUT2D eigenvalue weighted by atomic mass is 10.7. The maximum Gasteiger partial charge on any atom is 0.510 e. The zero-order valence-corrected chi connectivity index (χ0v) is 80.0. The summed E-state index contributed by atoms with van der Waals surface area (Å²) in [4.78, 5) is 26.9. The van der Waals surface area contributed by atoms with Crippen molar-refractivity contribution >= 4 is 37.9 Å². The lowest BCUT2D eigenvalue weighted by molar-refractivity contribution is 0.556. The van der Waals surface area contributed by atoms with E-state index in [1.807, 2.05) is 291 Å². The van der Waals surface area contributed by atoms with Gasteiger partial charge in [-0.25, -0.2) is 112 Å². The van der Waals surface area contributed by atoms with Crippen LogP contribution < -0.4 is 58.7 Å². The van der Waals surface area contributed by atoms with E-state index in [4.69, 9.17) is 18.1 Å². The summed E-state index contributed by atoms with van der Waals surface area (Å²) in [6.45, 7) is 0. The molecule has 45 heteroatoms. The van der Waals surface area contributed by atoms with Gasteiger partial charge in [-0.2, -0.15) is 0 Å². The fraction of sp³-hybridized carbons (Fsp3) is 0. The summed E-state index contributed by atoms with van der Waals surface area (Å²) in [5, 5.41) is 0. The summed E-state index contributed by atoms with van der Waals surface area (Å²) in [6, 6.07) is 98.0. The molecule has 0 saturated heterocycles. The quantitative estimate of drug-likeness (QED) is 0.0329. The van der Waals surface area contributed by atoms with Crippen LogP contribution in [0.25, 0.3) is 0 Å². The summed E-state index contributed by atoms with van der Waals surface area (Å²) >= 11 is 0. The Kier molecular flexibility index (Phi) is 22.3. The minimum atomic E-state index is -6.19. The van der Waals surface area contributed by atoms with E-state index in [-0.39, 0.29) is 0 Å². The van der Waals surface area contributed by atoms with E-state index in [9.17, 15) is 0 Å². The van der Waals surface area contributed by atoms with Gasteiger partial charge in [-0.15, -0.1) is 58.7 Å². The molecule has 141 heavy (non-hydrogen) atoms. The van der Waals surface area contributed by atoms with E-state index in [1.54, 1.807) is 0 Å². The zero-order chi connectivity index (χ0) is 94.0. The Morgan fingerprint density at radius 1 is 0.0922 bits per heavy atom. The number of hydrogen-bond acceptors (Lipinski definition) is 4. The van der Waals surface area contributed by atoms with Gasteiger partial charge in [-0.05, 0) is 291 Å². The Labute approximate surface area is 810 Å². The molecule has 0 aliphatic carbocycles. The molecule has 0 spiro atoms. The van der Waals surface area contributed by atoms with E-state index in [1.165, 1.54) is 0 Å². The highest BCUT2D eigenvalue weighted by atomic mass is 31.3. The largest absolute Gasteiger partial charge is 0.510 e. The monoisotopic (exact) mass is 1960 g/mol. The highest BCUT2D eigenvalue weighted by molar-refractivity contribution is 7.92. The third-order valence-electron chi connectivity index (χ3n) is 22.9. The van der Waals surface area contributed by atoms with Gasteiger partial charge >= 0.3 is 37.9 Å². The van der Waals surface area contributed by atoms with E-state index in [0.29, 0.717) is 0 Å². The SMILES string of the molecule is c1ccn(N(n2cccc2)P(=N[P+](N=P(N(n2cccc2)n2cccc2)(N(n2cccc2)n2cccc2)N(n2cccc2)n2cccc2)(N=P(N(n2cccc2)n2cccc2)(N(n2cccc2)n2cccc2)N(n2cccc2)n2cccc2)N=P(N(n2cccc2)n2cccc2)(N(n2cccc2)n2cccc2)N(n2cccc2)n2cccc2)(N(n2cccc2)n2cccc2)N(n2cccc2)n2cccc2)c1. The van der Waals surface area contributed by atoms with Gasteiger partial charge in [0.05, 0.1) is 0 Å². The number of rotatable bonds is 40. The van der Waals surface area contributed by atoms with Crippen molar-refractivity contribution in [2.75, 3.05) is 58.7 Å². The maximum atomic E-state index is 8.19. The Morgan fingerprint density at radius 3 is 0.191 bits per heavy atom. The molecular weight excluding hydrogens is 1870 g/mol. The van der Waals surface area contributed by atoms with E-state index in [2.05, 4.69) is 468 Å². The van der Waals surface area contributed by atoms with Crippen LogP contribution in [0.4, 0.5) is 0 Å². The van der Waals surface area contributed by atoms with Gasteiger partial charge in [0.15, 0.2) is 0 Å². The van der Waals surface area contributed by atoms with Gasteiger partial charge in [0.1, 0.15) is 0 Å². The second kappa shape index (κ2) is 36.7. The molecule has 24 aromatic heterocycles.